The number of fused-ring (bicyclic) bond motifs is 6. The van der Waals surface area contributed by atoms with Gasteiger partial charge in [-0.3, -0.25) is 9.97 Å². The lowest BCUT2D eigenvalue weighted by molar-refractivity contribution is 0.484. The van der Waals surface area contributed by atoms with Crippen LogP contribution < -0.4 is 4.74 Å². The summed E-state index contributed by atoms with van der Waals surface area (Å²) in [6.07, 6.45) is 3.75. The van der Waals surface area contributed by atoms with Crippen LogP contribution in [0.25, 0.3) is 77.4 Å². The Morgan fingerprint density at radius 1 is 0.618 bits per heavy atom. The first-order valence-corrected chi connectivity index (χ1v) is 19.3. The Morgan fingerprint density at radius 2 is 1.38 bits per heavy atom. The van der Waals surface area contributed by atoms with Gasteiger partial charge >= 0.3 is 0 Å². The van der Waals surface area contributed by atoms with Crippen molar-refractivity contribution in [3.8, 4) is 45.1 Å². The molecule has 0 radical (unpaired) electrons. The maximum atomic E-state index is 6.83. The summed E-state index contributed by atoms with van der Waals surface area (Å²) in [4.78, 5) is 13.6. The number of hydrogen-bond acceptors (Lipinski definition) is 4. The standard InChI is InChI=1S/C50H45N3O2/c1-29(2)36-15-11-16-37(30(3)4)46(36)32-20-22-51-43(25-32)31-12-10-13-34(24-31)54-35-27-40-39-26-33(50(5,6)7)18-19-42(39)53-48(40)41(28-35)49-47-38-14-8-9-17-44(38)55-45(47)21-23-52-49/h8-30,53H,1-7H3. The van der Waals surface area contributed by atoms with Gasteiger partial charge in [0.1, 0.15) is 22.7 Å². The first-order chi connectivity index (χ1) is 26.5. The minimum Gasteiger partial charge on any atom is -0.457 e. The summed E-state index contributed by atoms with van der Waals surface area (Å²) < 4.78 is 13.1. The number of hydrogen-bond donors (Lipinski definition) is 1. The summed E-state index contributed by atoms with van der Waals surface area (Å²) in [6, 6.07) is 40.4. The molecular formula is C50H45N3O2. The van der Waals surface area contributed by atoms with E-state index in [-0.39, 0.29) is 5.41 Å². The zero-order valence-electron chi connectivity index (χ0n) is 32.5. The highest BCUT2D eigenvalue weighted by atomic mass is 16.5. The average Bonchev–Trinajstić information content (AvgIpc) is 3.75. The van der Waals surface area contributed by atoms with Gasteiger partial charge in [0.2, 0.25) is 0 Å². The first-order valence-electron chi connectivity index (χ1n) is 19.3. The largest absolute Gasteiger partial charge is 0.457 e. The highest BCUT2D eigenvalue weighted by molar-refractivity contribution is 6.17. The number of nitrogens with zero attached hydrogens (tertiary/aromatic N) is 2. The number of furan rings is 1. The summed E-state index contributed by atoms with van der Waals surface area (Å²) in [5.41, 5.74) is 13.9. The third-order valence-corrected chi connectivity index (χ3v) is 10.9. The van der Waals surface area contributed by atoms with Gasteiger partial charge in [0.05, 0.1) is 22.3 Å². The number of nitrogens with one attached hydrogen (secondary N) is 1. The molecule has 9 aromatic rings. The quantitative estimate of drug-likeness (QED) is 0.178. The molecule has 0 saturated heterocycles. The molecule has 55 heavy (non-hydrogen) atoms. The van der Waals surface area contributed by atoms with Gasteiger partial charge in [-0.25, -0.2) is 0 Å². The van der Waals surface area contributed by atoms with E-state index in [0.29, 0.717) is 11.8 Å². The van der Waals surface area contributed by atoms with Crippen molar-refractivity contribution in [3.05, 3.63) is 144 Å². The third-order valence-electron chi connectivity index (χ3n) is 10.9. The molecule has 0 spiro atoms. The van der Waals surface area contributed by atoms with E-state index >= 15 is 0 Å². The Labute approximate surface area is 322 Å². The van der Waals surface area contributed by atoms with Gasteiger partial charge in [-0.1, -0.05) is 103 Å². The van der Waals surface area contributed by atoms with Crippen molar-refractivity contribution in [1.29, 1.82) is 0 Å². The third kappa shape index (κ3) is 6.14. The summed E-state index contributed by atoms with van der Waals surface area (Å²) in [7, 11) is 0. The molecule has 0 unspecified atom stereocenters. The van der Waals surface area contributed by atoms with E-state index in [1.807, 2.05) is 48.8 Å². The smallest absolute Gasteiger partial charge is 0.139 e. The lowest BCUT2D eigenvalue weighted by atomic mass is 9.85. The predicted molar refractivity (Wildman–Crippen MR) is 228 cm³/mol. The molecule has 0 saturated carbocycles. The molecule has 5 heteroatoms. The van der Waals surface area contributed by atoms with Gasteiger partial charge in [0.25, 0.3) is 0 Å². The summed E-state index contributed by atoms with van der Waals surface area (Å²) in [6.45, 7) is 15.8. The van der Waals surface area contributed by atoms with Gasteiger partial charge in [-0.2, -0.15) is 0 Å². The molecule has 4 heterocycles. The van der Waals surface area contributed by atoms with Crippen LogP contribution in [-0.4, -0.2) is 15.0 Å². The second kappa shape index (κ2) is 13.3. The number of aromatic nitrogens is 3. The second-order valence-electron chi connectivity index (χ2n) is 16.3. The van der Waals surface area contributed by atoms with Crippen molar-refractivity contribution >= 4 is 43.7 Å². The van der Waals surface area contributed by atoms with Crippen LogP contribution in [0, 0.1) is 0 Å². The number of H-pyrrole nitrogens is 1. The second-order valence-corrected chi connectivity index (χ2v) is 16.3. The molecular weight excluding hydrogens is 675 g/mol. The average molecular weight is 720 g/mol. The van der Waals surface area contributed by atoms with Gasteiger partial charge in [-0.15, -0.1) is 0 Å². The molecule has 0 amide bonds. The molecule has 0 aliphatic heterocycles. The van der Waals surface area contributed by atoms with Crippen LogP contribution in [0.1, 0.15) is 77.0 Å². The fraction of sp³-hybridized carbons (Fsp3) is 0.200. The van der Waals surface area contributed by atoms with Crippen LogP contribution >= 0.6 is 0 Å². The highest BCUT2D eigenvalue weighted by Crippen LogP contribution is 2.43. The van der Waals surface area contributed by atoms with E-state index in [1.165, 1.54) is 27.8 Å². The van der Waals surface area contributed by atoms with E-state index in [1.54, 1.807) is 0 Å². The zero-order chi connectivity index (χ0) is 38.0. The molecule has 5 aromatic carbocycles. The minimum atomic E-state index is -0.00339. The van der Waals surface area contributed by atoms with Crippen LogP contribution in [-0.2, 0) is 5.41 Å². The Morgan fingerprint density at radius 3 is 2.16 bits per heavy atom. The zero-order valence-corrected chi connectivity index (χ0v) is 32.5. The Bertz CT molecular complexity index is 2880. The number of aromatic amines is 1. The molecule has 0 aliphatic rings. The van der Waals surface area contributed by atoms with Crippen molar-refractivity contribution in [2.75, 3.05) is 0 Å². The van der Waals surface area contributed by atoms with Crippen LogP contribution in [0.5, 0.6) is 11.5 Å². The Hall–Kier alpha value is -6.20. The van der Waals surface area contributed by atoms with Crippen molar-refractivity contribution < 1.29 is 9.15 Å². The fourth-order valence-electron chi connectivity index (χ4n) is 8.04. The SMILES string of the molecule is CC(C)c1cccc(C(C)C)c1-c1ccnc(-c2cccc(Oc3cc(-c4nccc5oc6ccccc6c45)c4[nH]c5ccc(C(C)(C)C)cc5c4c3)c2)c1. The van der Waals surface area contributed by atoms with E-state index in [4.69, 9.17) is 19.1 Å². The number of benzene rings is 5. The van der Waals surface area contributed by atoms with Gasteiger partial charge in [0.15, 0.2) is 0 Å². The number of pyridine rings is 2. The van der Waals surface area contributed by atoms with Crippen molar-refractivity contribution in [1.82, 2.24) is 15.0 Å². The number of ether oxygens (including phenoxy) is 1. The Kier molecular flexibility index (Phi) is 8.34. The maximum absolute atomic E-state index is 6.83. The van der Waals surface area contributed by atoms with E-state index < -0.39 is 0 Å². The molecule has 9 rings (SSSR count). The summed E-state index contributed by atoms with van der Waals surface area (Å²) in [5.74, 6) is 2.25. The highest BCUT2D eigenvalue weighted by Gasteiger charge is 2.22. The van der Waals surface area contributed by atoms with Crippen LogP contribution in [0.15, 0.2) is 132 Å². The topological polar surface area (TPSA) is 63.9 Å². The van der Waals surface area contributed by atoms with Crippen LogP contribution in [0.3, 0.4) is 0 Å². The van der Waals surface area contributed by atoms with Gasteiger partial charge in [-0.05, 0) is 106 Å². The van der Waals surface area contributed by atoms with Gasteiger partial charge in [0, 0.05) is 45.2 Å². The van der Waals surface area contributed by atoms with E-state index in [9.17, 15) is 0 Å². The van der Waals surface area contributed by atoms with E-state index in [0.717, 1.165) is 77.8 Å². The van der Waals surface area contributed by atoms with Crippen molar-refractivity contribution in [2.45, 2.75) is 65.7 Å². The van der Waals surface area contributed by atoms with Crippen LogP contribution in [0.4, 0.5) is 0 Å². The Balaban J connectivity index is 1.18. The summed E-state index contributed by atoms with van der Waals surface area (Å²) >= 11 is 0. The molecule has 272 valence electrons. The van der Waals surface area contributed by atoms with Crippen LogP contribution in [0.2, 0.25) is 0 Å². The molecule has 4 aromatic heterocycles. The molecule has 0 bridgehead atoms. The lowest BCUT2D eigenvalue weighted by Crippen LogP contribution is -2.10. The normalized spacial score (nSPS) is 12.2. The molecule has 0 fully saturated rings. The van der Waals surface area contributed by atoms with Crippen molar-refractivity contribution in [3.63, 3.8) is 0 Å². The maximum Gasteiger partial charge on any atom is 0.139 e. The lowest BCUT2D eigenvalue weighted by Gasteiger charge is -2.20. The fourth-order valence-corrected chi connectivity index (χ4v) is 8.04. The van der Waals surface area contributed by atoms with Gasteiger partial charge < -0.3 is 14.1 Å². The minimum absolute atomic E-state index is 0.00339. The monoisotopic (exact) mass is 719 g/mol. The molecule has 0 aliphatic carbocycles. The predicted octanol–water partition coefficient (Wildman–Crippen LogP) is 14.3. The first kappa shape index (κ1) is 34.6. The van der Waals surface area contributed by atoms with Crippen molar-refractivity contribution in [2.24, 2.45) is 0 Å². The number of para-hydroxylation sites is 1. The van der Waals surface area contributed by atoms with E-state index in [2.05, 4.69) is 132 Å². The molecule has 0 atom stereocenters. The molecule has 1 N–H and O–H groups in total. The molecule has 5 nitrogen and oxygen atoms in total. The summed E-state index contributed by atoms with van der Waals surface area (Å²) in [5, 5.41) is 4.24. The number of rotatable bonds is 7.